The largest absolute Gasteiger partial charge is 0.493 e. The minimum Gasteiger partial charge on any atom is -0.493 e. The van der Waals surface area contributed by atoms with Gasteiger partial charge in [-0.3, -0.25) is 0 Å². The molecule has 0 unspecified atom stereocenters. The summed E-state index contributed by atoms with van der Waals surface area (Å²) in [5.41, 5.74) is 1.11. The van der Waals surface area contributed by atoms with Crippen molar-refractivity contribution in [3.05, 3.63) is 29.8 Å². The highest BCUT2D eigenvalue weighted by Gasteiger charge is 1.92. The summed E-state index contributed by atoms with van der Waals surface area (Å²) in [5.74, 6) is 1.45. The summed E-state index contributed by atoms with van der Waals surface area (Å²) in [4.78, 5) is 0. The van der Waals surface area contributed by atoms with Crippen molar-refractivity contribution in [1.29, 1.82) is 0 Å². The van der Waals surface area contributed by atoms with Crippen molar-refractivity contribution in [2.75, 3.05) is 11.9 Å². The standard InChI is InChI=1S/C9H10BrClO/c10-5-6-12-9-3-1-8(7-11)2-4-9/h1-4H,5-7H2. The molecule has 0 aromatic heterocycles. The van der Waals surface area contributed by atoms with E-state index in [1.807, 2.05) is 24.3 Å². The van der Waals surface area contributed by atoms with E-state index in [4.69, 9.17) is 16.3 Å². The molecule has 1 nitrogen and oxygen atoms in total. The van der Waals surface area contributed by atoms with Crippen LogP contribution in [0.2, 0.25) is 0 Å². The van der Waals surface area contributed by atoms with Crippen LogP contribution in [-0.4, -0.2) is 11.9 Å². The fourth-order valence-electron chi connectivity index (χ4n) is 0.831. The Balaban J connectivity index is 2.53. The van der Waals surface area contributed by atoms with Gasteiger partial charge in [-0.15, -0.1) is 11.6 Å². The highest BCUT2D eigenvalue weighted by Crippen LogP contribution is 2.13. The molecule has 1 aromatic carbocycles. The molecule has 0 atom stereocenters. The summed E-state index contributed by atoms with van der Waals surface area (Å²) < 4.78 is 5.36. The van der Waals surface area contributed by atoms with E-state index >= 15 is 0 Å². The number of halogens is 2. The van der Waals surface area contributed by atoms with Gasteiger partial charge in [0.25, 0.3) is 0 Å². The van der Waals surface area contributed by atoms with Gasteiger partial charge in [-0.25, -0.2) is 0 Å². The van der Waals surface area contributed by atoms with Gasteiger partial charge < -0.3 is 4.74 Å². The summed E-state index contributed by atoms with van der Waals surface area (Å²) in [7, 11) is 0. The molecule has 0 N–H and O–H groups in total. The van der Waals surface area contributed by atoms with Crippen molar-refractivity contribution in [3.63, 3.8) is 0 Å². The lowest BCUT2D eigenvalue weighted by atomic mass is 10.2. The molecule has 0 saturated carbocycles. The molecular formula is C9H10BrClO. The predicted molar refractivity (Wildman–Crippen MR) is 55.3 cm³/mol. The molecule has 0 spiro atoms. The summed E-state index contributed by atoms with van der Waals surface area (Å²) >= 11 is 8.92. The Morgan fingerprint density at radius 2 is 1.92 bits per heavy atom. The third-order valence-electron chi connectivity index (χ3n) is 1.42. The van der Waals surface area contributed by atoms with Crippen LogP contribution >= 0.6 is 27.5 Å². The average molecular weight is 250 g/mol. The summed E-state index contributed by atoms with van der Waals surface area (Å²) in [6.07, 6.45) is 0. The summed E-state index contributed by atoms with van der Waals surface area (Å²) in [6, 6.07) is 7.80. The minimum atomic E-state index is 0.554. The fourth-order valence-corrected chi connectivity index (χ4v) is 1.17. The Hall–Kier alpha value is -0.210. The van der Waals surface area contributed by atoms with E-state index in [0.717, 1.165) is 16.6 Å². The van der Waals surface area contributed by atoms with Crippen LogP contribution in [0.4, 0.5) is 0 Å². The monoisotopic (exact) mass is 248 g/mol. The third kappa shape index (κ3) is 3.03. The predicted octanol–water partition coefficient (Wildman–Crippen LogP) is 3.20. The maximum absolute atomic E-state index is 5.64. The number of ether oxygens (including phenoxy) is 1. The van der Waals surface area contributed by atoms with E-state index in [1.54, 1.807) is 0 Å². The highest BCUT2D eigenvalue weighted by molar-refractivity contribution is 9.09. The molecule has 66 valence electrons. The molecule has 0 fully saturated rings. The number of hydrogen-bond acceptors (Lipinski definition) is 1. The lowest BCUT2D eigenvalue weighted by molar-refractivity contribution is 0.345. The lowest BCUT2D eigenvalue weighted by Crippen LogP contribution is -1.97. The molecule has 0 aliphatic heterocycles. The van der Waals surface area contributed by atoms with Gasteiger partial charge in [-0.05, 0) is 17.7 Å². The molecule has 0 saturated heterocycles. The maximum atomic E-state index is 5.64. The molecule has 0 radical (unpaired) electrons. The highest BCUT2D eigenvalue weighted by atomic mass is 79.9. The second-order valence-corrected chi connectivity index (χ2v) is 3.38. The molecule has 0 bridgehead atoms. The topological polar surface area (TPSA) is 9.23 Å². The number of hydrogen-bond donors (Lipinski definition) is 0. The lowest BCUT2D eigenvalue weighted by Gasteiger charge is -2.03. The van der Waals surface area contributed by atoms with Gasteiger partial charge in [0.1, 0.15) is 5.75 Å². The van der Waals surface area contributed by atoms with Crippen LogP contribution in [-0.2, 0) is 5.88 Å². The SMILES string of the molecule is ClCc1ccc(OCCBr)cc1. The van der Waals surface area contributed by atoms with E-state index in [0.29, 0.717) is 12.5 Å². The molecule has 1 aromatic rings. The molecule has 1 rings (SSSR count). The first-order chi connectivity index (χ1) is 5.86. The van der Waals surface area contributed by atoms with Crippen LogP contribution in [0.5, 0.6) is 5.75 Å². The van der Waals surface area contributed by atoms with Crippen molar-refractivity contribution in [2.45, 2.75) is 5.88 Å². The zero-order valence-electron chi connectivity index (χ0n) is 6.59. The van der Waals surface area contributed by atoms with Crippen LogP contribution < -0.4 is 4.74 Å². The van der Waals surface area contributed by atoms with Crippen molar-refractivity contribution in [3.8, 4) is 5.75 Å². The molecule has 0 aliphatic rings. The summed E-state index contributed by atoms with van der Waals surface area (Å²) in [5, 5.41) is 0.851. The third-order valence-corrected chi connectivity index (χ3v) is 2.06. The Kier molecular flexibility index (Phi) is 4.48. The fraction of sp³-hybridized carbons (Fsp3) is 0.333. The van der Waals surface area contributed by atoms with E-state index < -0.39 is 0 Å². The zero-order chi connectivity index (χ0) is 8.81. The smallest absolute Gasteiger partial charge is 0.119 e. The van der Waals surface area contributed by atoms with E-state index in [2.05, 4.69) is 15.9 Å². The van der Waals surface area contributed by atoms with Gasteiger partial charge in [0.05, 0.1) is 6.61 Å². The van der Waals surface area contributed by atoms with Gasteiger partial charge in [0.15, 0.2) is 0 Å². The molecule has 0 aliphatic carbocycles. The van der Waals surface area contributed by atoms with Crippen LogP contribution in [0.1, 0.15) is 5.56 Å². The molecule has 0 heterocycles. The maximum Gasteiger partial charge on any atom is 0.119 e. The Morgan fingerprint density at radius 1 is 1.25 bits per heavy atom. The number of rotatable bonds is 4. The Bertz CT molecular complexity index is 222. The van der Waals surface area contributed by atoms with Gasteiger partial charge in [0, 0.05) is 11.2 Å². The van der Waals surface area contributed by atoms with Gasteiger partial charge in [-0.1, -0.05) is 28.1 Å². The molecule has 3 heteroatoms. The van der Waals surface area contributed by atoms with Gasteiger partial charge >= 0.3 is 0 Å². The van der Waals surface area contributed by atoms with Gasteiger partial charge in [0.2, 0.25) is 0 Å². The van der Waals surface area contributed by atoms with Crippen molar-refractivity contribution >= 4 is 27.5 Å². The number of benzene rings is 1. The first kappa shape index (κ1) is 9.87. The van der Waals surface area contributed by atoms with Gasteiger partial charge in [-0.2, -0.15) is 0 Å². The van der Waals surface area contributed by atoms with Crippen LogP contribution in [0.25, 0.3) is 0 Å². The second kappa shape index (κ2) is 5.44. The molecule has 0 amide bonds. The molecule has 12 heavy (non-hydrogen) atoms. The first-order valence-electron chi connectivity index (χ1n) is 3.70. The van der Waals surface area contributed by atoms with E-state index in [9.17, 15) is 0 Å². The van der Waals surface area contributed by atoms with E-state index in [-0.39, 0.29) is 0 Å². The first-order valence-corrected chi connectivity index (χ1v) is 5.36. The van der Waals surface area contributed by atoms with Crippen molar-refractivity contribution in [2.24, 2.45) is 0 Å². The molecular weight excluding hydrogens is 239 g/mol. The Morgan fingerprint density at radius 3 is 2.42 bits per heavy atom. The number of alkyl halides is 2. The van der Waals surface area contributed by atoms with Crippen molar-refractivity contribution in [1.82, 2.24) is 0 Å². The quantitative estimate of drug-likeness (QED) is 0.745. The zero-order valence-corrected chi connectivity index (χ0v) is 8.94. The second-order valence-electron chi connectivity index (χ2n) is 2.32. The normalized spacial score (nSPS) is 9.83. The van der Waals surface area contributed by atoms with Crippen LogP contribution in [0.15, 0.2) is 24.3 Å². The minimum absolute atomic E-state index is 0.554. The summed E-state index contributed by atoms with van der Waals surface area (Å²) in [6.45, 7) is 0.695. The van der Waals surface area contributed by atoms with Crippen LogP contribution in [0.3, 0.4) is 0 Å². The van der Waals surface area contributed by atoms with Crippen molar-refractivity contribution < 1.29 is 4.74 Å². The van der Waals surface area contributed by atoms with E-state index in [1.165, 1.54) is 0 Å². The average Bonchev–Trinajstić information content (AvgIpc) is 2.15. The Labute approximate surface area is 85.8 Å². The van der Waals surface area contributed by atoms with Crippen LogP contribution in [0, 0.1) is 0 Å².